The molecule has 0 bridgehead atoms. The first-order valence-electron chi connectivity index (χ1n) is 12.0. The minimum Gasteiger partial charge on any atom is -0.508 e. The standard InChI is InChI=1S/C28H22N2O7S/c1-2-35-18-7-8-19-22(14-18)38-28(29-19)30-24(15-4-3-5-17(31)12-15)23(26(33)27(30)34)25(32)16-6-9-20-21(13-16)37-11-10-36-20/h3-9,12-14,24,31-32H,2,10-11H2,1H3/t24-/m0/s1. The SMILES string of the molecule is CCOc1ccc2nc(N3C(=O)C(=O)C(=C(O)c4ccc5c(c4)OCCO5)[C@@H]3c3cccc(O)c3)sc2c1. The molecule has 3 aromatic carbocycles. The summed E-state index contributed by atoms with van der Waals surface area (Å²) in [6.07, 6.45) is 0. The number of ketones is 1. The number of aromatic nitrogens is 1. The molecule has 1 fully saturated rings. The first kappa shape index (κ1) is 23.8. The van der Waals surface area contributed by atoms with E-state index in [1.54, 1.807) is 42.5 Å². The van der Waals surface area contributed by atoms with E-state index in [0.717, 1.165) is 4.70 Å². The highest BCUT2D eigenvalue weighted by Gasteiger charge is 2.48. The van der Waals surface area contributed by atoms with Crippen LogP contribution in [-0.2, 0) is 9.59 Å². The van der Waals surface area contributed by atoms with Gasteiger partial charge in [0, 0.05) is 5.56 Å². The predicted molar refractivity (Wildman–Crippen MR) is 141 cm³/mol. The Morgan fingerprint density at radius 3 is 2.68 bits per heavy atom. The zero-order valence-corrected chi connectivity index (χ0v) is 21.0. The van der Waals surface area contributed by atoms with Gasteiger partial charge in [-0.05, 0) is 61.0 Å². The van der Waals surface area contributed by atoms with Gasteiger partial charge in [-0.1, -0.05) is 23.5 Å². The van der Waals surface area contributed by atoms with E-state index < -0.39 is 17.7 Å². The maximum atomic E-state index is 13.5. The van der Waals surface area contributed by atoms with Crippen molar-refractivity contribution >= 4 is 44.1 Å². The molecule has 1 atom stereocenters. The van der Waals surface area contributed by atoms with Gasteiger partial charge in [0.1, 0.15) is 30.5 Å². The highest BCUT2D eigenvalue weighted by Crippen LogP contribution is 2.45. The van der Waals surface area contributed by atoms with Gasteiger partial charge in [0.2, 0.25) is 0 Å². The largest absolute Gasteiger partial charge is 0.508 e. The lowest BCUT2D eigenvalue weighted by molar-refractivity contribution is -0.132. The number of benzene rings is 3. The van der Waals surface area contributed by atoms with E-state index >= 15 is 0 Å². The van der Waals surface area contributed by atoms with Crippen LogP contribution in [0.1, 0.15) is 24.1 Å². The number of hydrogen-bond acceptors (Lipinski definition) is 9. The smallest absolute Gasteiger partial charge is 0.301 e. The number of anilines is 1. The summed E-state index contributed by atoms with van der Waals surface area (Å²) in [6, 6.07) is 15.4. The number of aromatic hydroxyl groups is 1. The van der Waals surface area contributed by atoms with E-state index in [2.05, 4.69) is 4.98 Å². The van der Waals surface area contributed by atoms with Gasteiger partial charge in [-0.25, -0.2) is 4.98 Å². The van der Waals surface area contributed by atoms with Gasteiger partial charge in [-0.3, -0.25) is 14.5 Å². The number of hydrogen-bond donors (Lipinski definition) is 2. The second kappa shape index (κ2) is 9.38. The van der Waals surface area contributed by atoms with Crippen molar-refractivity contribution < 1.29 is 34.0 Å². The van der Waals surface area contributed by atoms with Crippen molar-refractivity contribution in [3.05, 3.63) is 77.4 Å². The molecule has 10 heteroatoms. The van der Waals surface area contributed by atoms with Crippen LogP contribution in [0.5, 0.6) is 23.0 Å². The van der Waals surface area contributed by atoms with Crippen molar-refractivity contribution in [1.82, 2.24) is 4.98 Å². The molecule has 1 amide bonds. The van der Waals surface area contributed by atoms with Gasteiger partial charge in [0.05, 0.1) is 28.4 Å². The molecule has 1 aromatic heterocycles. The van der Waals surface area contributed by atoms with Crippen LogP contribution in [0.4, 0.5) is 5.13 Å². The lowest BCUT2D eigenvalue weighted by Crippen LogP contribution is -2.29. The maximum Gasteiger partial charge on any atom is 0.301 e. The zero-order chi connectivity index (χ0) is 26.4. The summed E-state index contributed by atoms with van der Waals surface area (Å²) >= 11 is 1.23. The average molecular weight is 531 g/mol. The molecule has 0 radical (unpaired) electrons. The fraction of sp³-hybridized carbons (Fsp3) is 0.179. The number of Topliss-reactive ketones (excluding diaryl/α,β-unsaturated/α-hetero) is 1. The molecule has 1 saturated heterocycles. The average Bonchev–Trinajstić information content (AvgIpc) is 3.46. The summed E-state index contributed by atoms with van der Waals surface area (Å²) in [6.45, 7) is 3.16. The van der Waals surface area contributed by atoms with Crippen LogP contribution >= 0.6 is 11.3 Å². The Bertz CT molecular complexity index is 1630. The number of aliphatic hydroxyl groups excluding tert-OH is 1. The molecular formula is C28H22N2O7S. The summed E-state index contributed by atoms with van der Waals surface area (Å²) in [5.74, 6) is -0.478. The number of carbonyl (C=O) groups excluding carboxylic acids is 2. The molecule has 0 unspecified atom stereocenters. The molecule has 6 rings (SSSR count). The third-order valence-corrected chi connectivity index (χ3v) is 7.33. The van der Waals surface area contributed by atoms with Crippen molar-refractivity contribution in [2.75, 3.05) is 24.7 Å². The van der Waals surface area contributed by atoms with Crippen molar-refractivity contribution in [2.24, 2.45) is 0 Å². The van der Waals surface area contributed by atoms with Crippen LogP contribution in [0.15, 0.2) is 66.2 Å². The van der Waals surface area contributed by atoms with Crippen LogP contribution in [0.2, 0.25) is 0 Å². The van der Waals surface area contributed by atoms with Gasteiger partial charge in [-0.2, -0.15) is 0 Å². The van der Waals surface area contributed by atoms with Crippen molar-refractivity contribution in [1.29, 1.82) is 0 Å². The lowest BCUT2D eigenvalue weighted by Gasteiger charge is -2.23. The minimum absolute atomic E-state index is 0.0435. The second-order valence-corrected chi connectivity index (χ2v) is 9.69. The van der Waals surface area contributed by atoms with E-state index in [1.807, 2.05) is 13.0 Å². The Balaban J connectivity index is 1.51. The van der Waals surface area contributed by atoms with Gasteiger partial charge < -0.3 is 24.4 Å². The molecule has 192 valence electrons. The number of ether oxygens (including phenoxy) is 3. The number of phenols is 1. The van der Waals surface area contributed by atoms with Crippen molar-refractivity contribution in [3.8, 4) is 23.0 Å². The third-order valence-electron chi connectivity index (χ3n) is 6.31. The number of aliphatic hydroxyl groups is 1. The lowest BCUT2D eigenvalue weighted by atomic mass is 9.95. The molecule has 2 N–H and O–H groups in total. The molecule has 38 heavy (non-hydrogen) atoms. The monoisotopic (exact) mass is 530 g/mol. The number of nitrogens with zero attached hydrogens (tertiary/aromatic N) is 2. The van der Waals surface area contributed by atoms with Crippen LogP contribution < -0.4 is 19.1 Å². The summed E-state index contributed by atoms with van der Waals surface area (Å²) in [4.78, 5) is 32.8. The third kappa shape index (κ3) is 3.99. The first-order chi connectivity index (χ1) is 18.4. The number of thiazole rings is 1. The number of fused-ring (bicyclic) bond motifs is 2. The van der Waals surface area contributed by atoms with E-state index in [0.29, 0.717) is 53.7 Å². The number of phenolic OH excluding ortho intramolecular Hbond substituents is 1. The summed E-state index contributed by atoms with van der Waals surface area (Å²) in [7, 11) is 0. The quantitative estimate of drug-likeness (QED) is 0.215. The van der Waals surface area contributed by atoms with Crippen LogP contribution in [0, 0.1) is 0 Å². The number of amides is 1. The molecule has 4 aromatic rings. The number of carbonyl (C=O) groups is 2. The van der Waals surface area contributed by atoms with Gasteiger partial charge in [0.15, 0.2) is 16.6 Å². The Labute approximate surface area is 221 Å². The topological polar surface area (TPSA) is 118 Å². The van der Waals surface area contributed by atoms with Crippen molar-refractivity contribution in [2.45, 2.75) is 13.0 Å². The molecule has 9 nitrogen and oxygen atoms in total. The van der Waals surface area contributed by atoms with Crippen LogP contribution in [-0.4, -0.2) is 46.7 Å². The molecule has 2 aliphatic rings. The van der Waals surface area contributed by atoms with E-state index in [9.17, 15) is 19.8 Å². The molecule has 3 heterocycles. The van der Waals surface area contributed by atoms with E-state index in [1.165, 1.54) is 28.4 Å². The van der Waals surface area contributed by atoms with Crippen LogP contribution in [0.25, 0.3) is 16.0 Å². The second-order valence-electron chi connectivity index (χ2n) is 8.68. The Morgan fingerprint density at radius 1 is 1.08 bits per heavy atom. The van der Waals surface area contributed by atoms with Gasteiger partial charge >= 0.3 is 5.91 Å². The fourth-order valence-corrected chi connectivity index (χ4v) is 5.66. The summed E-state index contributed by atoms with van der Waals surface area (Å²) < 4.78 is 17.5. The Kier molecular flexibility index (Phi) is 5.88. The molecule has 0 aliphatic carbocycles. The van der Waals surface area contributed by atoms with Gasteiger partial charge in [-0.15, -0.1) is 0 Å². The van der Waals surface area contributed by atoms with E-state index in [-0.39, 0.29) is 22.2 Å². The Morgan fingerprint density at radius 2 is 1.89 bits per heavy atom. The molecular weight excluding hydrogens is 508 g/mol. The normalized spacial score (nSPS) is 18.2. The highest BCUT2D eigenvalue weighted by atomic mass is 32.1. The van der Waals surface area contributed by atoms with E-state index in [4.69, 9.17) is 14.2 Å². The molecule has 2 aliphatic heterocycles. The fourth-order valence-electron chi connectivity index (χ4n) is 4.64. The first-order valence-corrected chi connectivity index (χ1v) is 12.8. The zero-order valence-electron chi connectivity index (χ0n) is 20.2. The van der Waals surface area contributed by atoms with Gasteiger partial charge in [0.25, 0.3) is 5.78 Å². The van der Waals surface area contributed by atoms with Crippen molar-refractivity contribution in [3.63, 3.8) is 0 Å². The summed E-state index contributed by atoms with van der Waals surface area (Å²) in [5, 5.41) is 21.9. The predicted octanol–water partition coefficient (Wildman–Crippen LogP) is 4.80. The Hall–Kier alpha value is -4.57. The minimum atomic E-state index is -1.03. The summed E-state index contributed by atoms with van der Waals surface area (Å²) in [5.41, 5.74) is 1.25. The highest BCUT2D eigenvalue weighted by molar-refractivity contribution is 7.22. The molecule has 0 saturated carbocycles. The molecule has 0 spiro atoms. The maximum absolute atomic E-state index is 13.5. The number of rotatable bonds is 5. The van der Waals surface area contributed by atoms with Crippen LogP contribution in [0.3, 0.4) is 0 Å².